The Labute approximate surface area is 204 Å². The van der Waals surface area contributed by atoms with E-state index in [2.05, 4.69) is 11.6 Å². The van der Waals surface area contributed by atoms with E-state index in [0.717, 1.165) is 37.4 Å². The number of amides is 2. The van der Waals surface area contributed by atoms with Gasteiger partial charge < -0.3 is 4.74 Å². The van der Waals surface area contributed by atoms with Gasteiger partial charge in [0, 0.05) is 12.2 Å². The first-order chi connectivity index (χ1) is 16.2. The molecule has 4 rings (SSSR count). The molecule has 0 atom stereocenters. The average molecular weight is 501 g/mol. The fourth-order valence-electron chi connectivity index (χ4n) is 4.35. The summed E-state index contributed by atoms with van der Waals surface area (Å²) in [7, 11) is -2.23. The van der Waals surface area contributed by atoms with Crippen molar-refractivity contribution in [1.82, 2.24) is 4.90 Å². The number of hydrogen-bond donors (Lipinski definition) is 1. The summed E-state index contributed by atoms with van der Waals surface area (Å²) in [6.45, 7) is 2.62. The van der Waals surface area contributed by atoms with Crippen molar-refractivity contribution in [2.24, 2.45) is 5.41 Å². The van der Waals surface area contributed by atoms with Gasteiger partial charge in [-0.05, 0) is 78.1 Å². The molecule has 1 N–H and O–H groups in total. The molecule has 0 radical (unpaired) electrons. The number of methoxy groups -OCH3 is 1. The minimum Gasteiger partial charge on any atom is -0.497 e. The summed E-state index contributed by atoms with van der Waals surface area (Å²) in [5.41, 5.74) is 1.09. The fourth-order valence-corrected chi connectivity index (χ4v) is 6.25. The van der Waals surface area contributed by atoms with Gasteiger partial charge in [-0.1, -0.05) is 38.3 Å². The SMILES string of the molecule is COc1ccc(S(=O)(=O)Nc2ccc(/C=C3\SC(=O)N(CC4(C)CCCCC4)C3=O)cc2)cc1. The average Bonchev–Trinajstić information content (AvgIpc) is 3.07. The third-order valence-corrected chi connectivity index (χ3v) is 8.61. The summed E-state index contributed by atoms with van der Waals surface area (Å²) in [6, 6.07) is 12.8. The van der Waals surface area contributed by atoms with E-state index in [0.29, 0.717) is 28.5 Å². The van der Waals surface area contributed by atoms with Gasteiger partial charge in [-0.25, -0.2) is 8.42 Å². The summed E-state index contributed by atoms with van der Waals surface area (Å²) in [6.07, 6.45) is 7.22. The molecule has 7 nitrogen and oxygen atoms in total. The molecule has 1 aliphatic carbocycles. The molecular formula is C25H28N2O5S2. The normalized spacial score (nSPS) is 19.5. The molecule has 9 heteroatoms. The molecule has 1 saturated carbocycles. The molecule has 0 spiro atoms. The van der Waals surface area contributed by atoms with Crippen LogP contribution in [0.1, 0.15) is 44.6 Å². The van der Waals surface area contributed by atoms with Gasteiger partial charge in [0.2, 0.25) is 0 Å². The van der Waals surface area contributed by atoms with E-state index in [9.17, 15) is 18.0 Å². The predicted octanol–water partition coefficient (Wildman–Crippen LogP) is 5.50. The number of imide groups is 1. The molecule has 0 unspecified atom stereocenters. The number of carbonyl (C=O) groups is 2. The van der Waals surface area contributed by atoms with E-state index in [1.165, 1.54) is 30.6 Å². The molecule has 1 aliphatic heterocycles. The number of nitrogens with zero attached hydrogens (tertiary/aromatic N) is 1. The molecule has 0 bridgehead atoms. The van der Waals surface area contributed by atoms with Crippen LogP contribution in [-0.4, -0.2) is 38.1 Å². The second kappa shape index (κ2) is 9.84. The molecule has 2 aliphatic rings. The van der Waals surface area contributed by atoms with Crippen molar-refractivity contribution in [2.75, 3.05) is 18.4 Å². The van der Waals surface area contributed by atoms with Gasteiger partial charge in [0.15, 0.2) is 0 Å². The van der Waals surface area contributed by atoms with Crippen LogP contribution in [0.5, 0.6) is 5.75 Å². The standard InChI is InChI=1S/C25H28N2O5S2/c1-25(14-4-3-5-15-25)17-27-23(28)22(33-24(27)29)16-18-6-8-19(9-7-18)26-34(30,31)21-12-10-20(32-2)11-13-21/h6-13,16,26H,3-5,14-15,17H2,1-2H3/b22-16-. The zero-order valence-electron chi connectivity index (χ0n) is 19.2. The van der Waals surface area contributed by atoms with Gasteiger partial charge in [-0.15, -0.1) is 0 Å². The Morgan fingerprint density at radius 1 is 1.03 bits per heavy atom. The number of thioether (sulfide) groups is 1. The third-order valence-electron chi connectivity index (χ3n) is 6.30. The van der Waals surface area contributed by atoms with Crippen molar-refractivity contribution in [1.29, 1.82) is 0 Å². The van der Waals surface area contributed by atoms with Gasteiger partial charge in [0.05, 0.1) is 16.9 Å². The van der Waals surface area contributed by atoms with Gasteiger partial charge in [-0.2, -0.15) is 0 Å². The maximum absolute atomic E-state index is 12.9. The largest absolute Gasteiger partial charge is 0.497 e. The quantitative estimate of drug-likeness (QED) is 0.505. The number of ether oxygens (including phenoxy) is 1. The number of hydrogen-bond acceptors (Lipinski definition) is 6. The van der Waals surface area contributed by atoms with Crippen LogP contribution in [-0.2, 0) is 14.8 Å². The van der Waals surface area contributed by atoms with Crippen LogP contribution in [0, 0.1) is 5.41 Å². The number of nitrogens with one attached hydrogen (secondary N) is 1. The van der Waals surface area contributed by atoms with Crippen molar-refractivity contribution in [2.45, 2.75) is 43.9 Å². The number of rotatable bonds is 7. The topological polar surface area (TPSA) is 92.8 Å². The summed E-state index contributed by atoms with van der Waals surface area (Å²) in [5.74, 6) is 0.312. The zero-order chi connectivity index (χ0) is 24.3. The molecule has 0 aromatic heterocycles. The first-order valence-corrected chi connectivity index (χ1v) is 13.5. The molecule has 2 fully saturated rings. The Balaban J connectivity index is 1.44. The second-order valence-corrected chi connectivity index (χ2v) is 11.7. The lowest BCUT2D eigenvalue weighted by Gasteiger charge is -2.35. The highest BCUT2D eigenvalue weighted by molar-refractivity contribution is 8.18. The van der Waals surface area contributed by atoms with Crippen molar-refractivity contribution in [3.05, 3.63) is 59.0 Å². The first-order valence-electron chi connectivity index (χ1n) is 11.2. The van der Waals surface area contributed by atoms with Crippen molar-refractivity contribution < 1.29 is 22.7 Å². The lowest BCUT2D eigenvalue weighted by Crippen LogP contribution is -2.39. The Morgan fingerprint density at radius 2 is 1.68 bits per heavy atom. The summed E-state index contributed by atoms with van der Waals surface area (Å²) in [4.78, 5) is 27.3. The summed E-state index contributed by atoms with van der Waals surface area (Å²) < 4.78 is 32.8. The predicted molar refractivity (Wildman–Crippen MR) is 134 cm³/mol. The number of benzene rings is 2. The molecule has 2 aromatic carbocycles. The highest BCUT2D eigenvalue weighted by Crippen LogP contribution is 2.40. The van der Waals surface area contributed by atoms with Crippen LogP contribution in [0.25, 0.3) is 6.08 Å². The lowest BCUT2D eigenvalue weighted by molar-refractivity contribution is -0.124. The Bertz CT molecular complexity index is 1200. The monoisotopic (exact) mass is 500 g/mol. The molecule has 2 amide bonds. The minimum absolute atomic E-state index is 0.0116. The zero-order valence-corrected chi connectivity index (χ0v) is 20.9. The Morgan fingerprint density at radius 3 is 2.29 bits per heavy atom. The highest BCUT2D eigenvalue weighted by Gasteiger charge is 2.40. The van der Waals surface area contributed by atoms with E-state index in [4.69, 9.17) is 4.74 Å². The number of carbonyl (C=O) groups excluding carboxylic acids is 2. The van der Waals surface area contributed by atoms with Crippen LogP contribution >= 0.6 is 11.8 Å². The van der Waals surface area contributed by atoms with Gasteiger partial charge in [-0.3, -0.25) is 19.2 Å². The molecule has 2 aromatic rings. The first kappa shape index (κ1) is 24.3. The second-order valence-electron chi connectivity index (χ2n) is 9.04. The van der Waals surface area contributed by atoms with E-state index in [1.807, 2.05) is 0 Å². The lowest BCUT2D eigenvalue weighted by atomic mass is 9.75. The number of anilines is 1. The van der Waals surface area contributed by atoms with Crippen molar-refractivity contribution >= 4 is 44.7 Å². The molecule has 1 heterocycles. The van der Waals surface area contributed by atoms with Crippen LogP contribution in [0.3, 0.4) is 0 Å². The van der Waals surface area contributed by atoms with Crippen molar-refractivity contribution in [3.8, 4) is 5.75 Å². The number of sulfonamides is 1. The van der Waals surface area contributed by atoms with Crippen LogP contribution in [0.15, 0.2) is 58.3 Å². The maximum Gasteiger partial charge on any atom is 0.293 e. The maximum atomic E-state index is 12.9. The van der Waals surface area contributed by atoms with E-state index < -0.39 is 10.0 Å². The van der Waals surface area contributed by atoms with Crippen LogP contribution in [0.2, 0.25) is 0 Å². The van der Waals surface area contributed by atoms with Gasteiger partial charge in [0.25, 0.3) is 21.2 Å². The smallest absolute Gasteiger partial charge is 0.293 e. The molecular weight excluding hydrogens is 472 g/mol. The van der Waals surface area contributed by atoms with Crippen LogP contribution in [0.4, 0.5) is 10.5 Å². The molecule has 34 heavy (non-hydrogen) atoms. The van der Waals surface area contributed by atoms with E-state index >= 15 is 0 Å². The van der Waals surface area contributed by atoms with E-state index in [-0.39, 0.29) is 21.5 Å². The Hall–Kier alpha value is -2.78. The summed E-state index contributed by atoms with van der Waals surface area (Å²) >= 11 is 0.955. The fraction of sp³-hybridized carbons (Fsp3) is 0.360. The molecule has 1 saturated heterocycles. The summed E-state index contributed by atoms with van der Waals surface area (Å²) in [5, 5.41) is -0.230. The van der Waals surface area contributed by atoms with E-state index in [1.54, 1.807) is 42.5 Å². The minimum atomic E-state index is -3.75. The van der Waals surface area contributed by atoms with Gasteiger partial charge >= 0.3 is 0 Å². The van der Waals surface area contributed by atoms with Crippen molar-refractivity contribution in [3.63, 3.8) is 0 Å². The highest BCUT2D eigenvalue weighted by atomic mass is 32.2. The third kappa shape index (κ3) is 5.47. The Kier molecular flexibility index (Phi) is 7.04. The van der Waals surface area contributed by atoms with Gasteiger partial charge in [0.1, 0.15) is 5.75 Å². The van der Waals surface area contributed by atoms with Crippen LogP contribution < -0.4 is 9.46 Å². The molecule has 180 valence electrons.